The van der Waals surface area contributed by atoms with Gasteiger partial charge in [-0.15, -0.1) is 0 Å². The maximum absolute atomic E-state index is 11.9. The van der Waals surface area contributed by atoms with Crippen LogP contribution in [0.4, 0.5) is 0 Å². The van der Waals surface area contributed by atoms with Crippen molar-refractivity contribution >= 4 is 5.91 Å². The fourth-order valence-corrected chi connectivity index (χ4v) is 1.84. The summed E-state index contributed by atoms with van der Waals surface area (Å²) in [6.45, 7) is 7.37. The molecule has 1 N–H and O–H groups in total. The van der Waals surface area contributed by atoms with E-state index in [0.717, 1.165) is 13.1 Å². The molecule has 2 unspecified atom stereocenters. The minimum Gasteiger partial charge on any atom is -0.393 e. The van der Waals surface area contributed by atoms with Gasteiger partial charge in [-0.1, -0.05) is 0 Å². The van der Waals surface area contributed by atoms with Crippen LogP contribution in [0.5, 0.6) is 0 Å². The molecule has 0 aliphatic heterocycles. The molecule has 0 saturated carbocycles. The fraction of sp³-hybridized carbons (Fsp3) is 0.917. The summed E-state index contributed by atoms with van der Waals surface area (Å²) in [5, 5.41) is 9.16. The van der Waals surface area contributed by atoms with E-state index >= 15 is 0 Å². The van der Waals surface area contributed by atoms with Crippen molar-refractivity contribution in [1.82, 2.24) is 9.80 Å². The fourth-order valence-electron chi connectivity index (χ4n) is 1.84. The summed E-state index contributed by atoms with van der Waals surface area (Å²) in [4.78, 5) is 15.9. The molecule has 0 spiro atoms. The number of hydrogen-bond acceptors (Lipinski definition) is 3. The Hall–Kier alpha value is -0.610. The van der Waals surface area contributed by atoms with Crippen LogP contribution in [0.25, 0.3) is 0 Å². The lowest BCUT2D eigenvalue weighted by Crippen LogP contribution is -2.43. The van der Waals surface area contributed by atoms with Crippen LogP contribution < -0.4 is 0 Å². The highest BCUT2D eigenvalue weighted by molar-refractivity contribution is 5.76. The van der Waals surface area contributed by atoms with Gasteiger partial charge in [0.25, 0.3) is 0 Å². The Bertz CT molecular complexity index is 205. The lowest BCUT2D eigenvalue weighted by atomic mass is 10.1. The summed E-state index contributed by atoms with van der Waals surface area (Å²) in [6, 6.07) is 0.224. The SMILES string of the molecule is CCN(C(=O)CCC(C)O)C(C)CN(C)C. The van der Waals surface area contributed by atoms with E-state index < -0.39 is 6.10 Å². The van der Waals surface area contributed by atoms with E-state index in [0.29, 0.717) is 12.8 Å². The predicted molar refractivity (Wildman–Crippen MR) is 66.3 cm³/mol. The summed E-state index contributed by atoms with van der Waals surface area (Å²) in [5.74, 6) is 0.137. The molecule has 96 valence electrons. The zero-order valence-electron chi connectivity index (χ0n) is 11.2. The molecule has 0 fully saturated rings. The van der Waals surface area contributed by atoms with Crippen LogP contribution in [-0.4, -0.2) is 60.1 Å². The van der Waals surface area contributed by atoms with Gasteiger partial charge in [-0.25, -0.2) is 0 Å². The molecule has 0 rings (SSSR count). The number of rotatable bonds is 7. The van der Waals surface area contributed by atoms with Crippen LogP contribution in [0.2, 0.25) is 0 Å². The number of carbonyl (C=O) groups excluding carboxylic acids is 1. The maximum Gasteiger partial charge on any atom is 0.222 e. The molecule has 0 radical (unpaired) electrons. The van der Waals surface area contributed by atoms with Gasteiger partial charge in [0.1, 0.15) is 0 Å². The third-order valence-corrected chi connectivity index (χ3v) is 2.60. The third-order valence-electron chi connectivity index (χ3n) is 2.60. The summed E-state index contributed by atoms with van der Waals surface area (Å²) in [6.07, 6.45) is 0.583. The summed E-state index contributed by atoms with van der Waals surface area (Å²) >= 11 is 0. The maximum atomic E-state index is 11.9. The van der Waals surface area contributed by atoms with Gasteiger partial charge in [-0.3, -0.25) is 4.79 Å². The molecule has 1 amide bonds. The van der Waals surface area contributed by atoms with Gasteiger partial charge >= 0.3 is 0 Å². The number of aliphatic hydroxyl groups excluding tert-OH is 1. The number of carbonyl (C=O) groups is 1. The summed E-state index contributed by atoms with van der Waals surface area (Å²) in [7, 11) is 4.01. The first-order chi connectivity index (χ1) is 7.38. The van der Waals surface area contributed by atoms with Crippen molar-refractivity contribution in [1.29, 1.82) is 0 Å². The zero-order chi connectivity index (χ0) is 12.7. The molecule has 0 bridgehead atoms. The van der Waals surface area contributed by atoms with Crippen molar-refractivity contribution < 1.29 is 9.90 Å². The van der Waals surface area contributed by atoms with Crippen molar-refractivity contribution in [2.75, 3.05) is 27.2 Å². The Morgan fingerprint density at radius 2 is 1.88 bits per heavy atom. The standard InChI is InChI=1S/C12H26N2O2/c1-6-14(10(2)9-13(4)5)12(16)8-7-11(3)15/h10-11,15H,6-9H2,1-5H3. The normalized spacial score (nSPS) is 14.9. The monoisotopic (exact) mass is 230 g/mol. The molecule has 2 atom stereocenters. The summed E-state index contributed by atoms with van der Waals surface area (Å²) in [5.41, 5.74) is 0. The third kappa shape index (κ3) is 6.08. The second-order valence-electron chi connectivity index (χ2n) is 4.68. The number of aliphatic hydroxyl groups is 1. The molecular formula is C12H26N2O2. The highest BCUT2D eigenvalue weighted by atomic mass is 16.3. The van der Waals surface area contributed by atoms with Crippen molar-refractivity contribution in [3.05, 3.63) is 0 Å². The lowest BCUT2D eigenvalue weighted by Gasteiger charge is -2.30. The van der Waals surface area contributed by atoms with Crippen LogP contribution in [0.3, 0.4) is 0 Å². The molecule has 0 aliphatic rings. The second-order valence-corrected chi connectivity index (χ2v) is 4.68. The molecule has 0 aliphatic carbocycles. The molecule has 4 nitrogen and oxygen atoms in total. The van der Waals surface area contributed by atoms with Crippen molar-refractivity contribution in [2.45, 2.75) is 45.8 Å². The Balaban J connectivity index is 4.19. The van der Waals surface area contributed by atoms with Gasteiger partial charge in [-0.05, 0) is 41.3 Å². The van der Waals surface area contributed by atoms with Crippen LogP contribution in [0, 0.1) is 0 Å². The van der Waals surface area contributed by atoms with E-state index in [-0.39, 0.29) is 11.9 Å². The van der Waals surface area contributed by atoms with Gasteiger partial charge in [0, 0.05) is 25.6 Å². The molecule has 16 heavy (non-hydrogen) atoms. The highest BCUT2D eigenvalue weighted by Crippen LogP contribution is 2.06. The van der Waals surface area contributed by atoms with Gasteiger partial charge in [0.05, 0.1) is 6.10 Å². The summed E-state index contributed by atoms with van der Waals surface area (Å²) < 4.78 is 0. The van der Waals surface area contributed by atoms with E-state index in [1.54, 1.807) is 6.92 Å². The minimum atomic E-state index is -0.396. The molecule has 0 aromatic carbocycles. The van der Waals surface area contributed by atoms with Crippen molar-refractivity contribution in [3.8, 4) is 0 Å². The predicted octanol–water partition coefficient (Wildman–Crippen LogP) is 0.946. The molecule has 0 aromatic rings. The Labute approximate surface area is 99.2 Å². The Morgan fingerprint density at radius 3 is 2.25 bits per heavy atom. The van der Waals surface area contributed by atoms with E-state index in [9.17, 15) is 4.79 Å². The average molecular weight is 230 g/mol. The molecule has 0 heterocycles. The first-order valence-corrected chi connectivity index (χ1v) is 6.00. The molecular weight excluding hydrogens is 204 g/mol. The first-order valence-electron chi connectivity index (χ1n) is 6.00. The van der Waals surface area contributed by atoms with Crippen LogP contribution in [-0.2, 0) is 4.79 Å². The van der Waals surface area contributed by atoms with Crippen LogP contribution >= 0.6 is 0 Å². The van der Waals surface area contributed by atoms with Gasteiger partial charge in [0.15, 0.2) is 0 Å². The van der Waals surface area contributed by atoms with Crippen LogP contribution in [0.15, 0.2) is 0 Å². The molecule has 4 heteroatoms. The topological polar surface area (TPSA) is 43.8 Å². The quantitative estimate of drug-likeness (QED) is 0.708. The largest absolute Gasteiger partial charge is 0.393 e. The van der Waals surface area contributed by atoms with Crippen LogP contribution in [0.1, 0.15) is 33.6 Å². The number of likely N-dealkylation sites (N-methyl/N-ethyl adjacent to an activating group) is 2. The van der Waals surface area contributed by atoms with Crippen molar-refractivity contribution in [2.24, 2.45) is 0 Å². The van der Waals surface area contributed by atoms with Crippen molar-refractivity contribution in [3.63, 3.8) is 0 Å². The van der Waals surface area contributed by atoms with E-state index in [4.69, 9.17) is 5.11 Å². The minimum absolute atomic E-state index is 0.137. The highest BCUT2D eigenvalue weighted by Gasteiger charge is 2.18. The number of amides is 1. The average Bonchev–Trinajstić information content (AvgIpc) is 2.14. The van der Waals surface area contributed by atoms with E-state index in [1.165, 1.54) is 0 Å². The molecule has 0 saturated heterocycles. The Morgan fingerprint density at radius 1 is 1.31 bits per heavy atom. The smallest absolute Gasteiger partial charge is 0.222 e. The second kappa shape index (κ2) is 7.63. The number of hydrogen-bond donors (Lipinski definition) is 1. The van der Waals surface area contributed by atoms with E-state index in [1.807, 2.05) is 25.9 Å². The van der Waals surface area contributed by atoms with Gasteiger partial charge in [0.2, 0.25) is 5.91 Å². The molecule has 0 aromatic heterocycles. The van der Waals surface area contributed by atoms with Gasteiger partial charge < -0.3 is 14.9 Å². The van der Waals surface area contributed by atoms with E-state index in [2.05, 4.69) is 11.8 Å². The first kappa shape index (κ1) is 15.4. The zero-order valence-corrected chi connectivity index (χ0v) is 11.2. The lowest BCUT2D eigenvalue weighted by molar-refractivity contribution is -0.133. The number of nitrogens with zero attached hydrogens (tertiary/aromatic N) is 2. The van der Waals surface area contributed by atoms with Gasteiger partial charge in [-0.2, -0.15) is 0 Å². The Kier molecular flexibility index (Phi) is 7.34.